The van der Waals surface area contributed by atoms with Gasteiger partial charge in [-0.1, -0.05) is 52.1 Å². The zero-order chi connectivity index (χ0) is 62.7. The van der Waals surface area contributed by atoms with E-state index in [0.717, 1.165) is 6.92 Å². The van der Waals surface area contributed by atoms with Gasteiger partial charge < -0.3 is 108 Å². The molecule has 33 heteroatoms. The molecule has 31 nitrogen and oxygen atoms in total. The molecule has 17 atom stereocenters. The van der Waals surface area contributed by atoms with E-state index in [9.17, 15) is 78.6 Å². The van der Waals surface area contributed by atoms with Crippen molar-refractivity contribution in [2.24, 2.45) is 17.6 Å². The molecule has 0 bridgehead atoms. The second kappa shape index (κ2) is 33.6. The first-order chi connectivity index (χ1) is 38.8. The molecule has 0 unspecified atom stereocenters. The van der Waals surface area contributed by atoms with Gasteiger partial charge in [-0.15, -0.1) is 0 Å². The highest BCUT2D eigenvalue weighted by molar-refractivity contribution is 7.80. The van der Waals surface area contributed by atoms with Crippen molar-refractivity contribution in [3.05, 3.63) is 0 Å². The highest BCUT2D eigenvalue weighted by Crippen LogP contribution is 2.31. The number of nitrogens with zero attached hydrogens (tertiary/aromatic N) is 1. The largest absolute Gasteiger partial charge is 0.481 e. The summed E-state index contributed by atoms with van der Waals surface area (Å²) >= 11 is 10.6. The molecule has 0 saturated carbocycles. The Balaban J connectivity index is 2.04. The van der Waals surface area contributed by atoms with Crippen molar-refractivity contribution >= 4 is 93.5 Å². The molecule has 3 rings (SSSR count). The van der Waals surface area contributed by atoms with Crippen LogP contribution in [-0.4, -0.2) is 241 Å². The first kappa shape index (κ1) is 71.4. The summed E-state index contributed by atoms with van der Waals surface area (Å²) in [5.41, 5.74) is 5.15. The van der Waals surface area contributed by atoms with Crippen molar-refractivity contribution in [3.63, 3.8) is 0 Å². The Hall–Kier alpha value is -5.88. The third kappa shape index (κ3) is 21.6. The van der Waals surface area contributed by atoms with E-state index < -0.39 is 201 Å². The summed E-state index contributed by atoms with van der Waals surface area (Å²) in [7, 11) is 0. The summed E-state index contributed by atoms with van der Waals surface area (Å²) in [6, 6.07) is -11.2. The van der Waals surface area contributed by atoms with E-state index in [0.29, 0.717) is 6.42 Å². The lowest BCUT2D eigenvalue weighted by Gasteiger charge is -2.49. The number of carbonyl (C=O) groups is 10. The molecule has 3 aliphatic heterocycles. The van der Waals surface area contributed by atoms with Gasteiger partial charge >= 0.3 is 5.97 Å². The van der Waals surface area contributed by atoms with Crippen LogP contribution < -0.4 is 53.6 Å². The maximum atomic E-state index is 14.8. The maximum Gasteiger partial charge on any atom is 0.303 e. The molecule has 3 saturated heterocycles. The van der Waals surface area contributed by atoms with Crippen LogP contribution in [0.2, 0.25) is 0 Å². The van der Waals surface area contributed by atoms with Crippen molar-refractivity contribution in [2.45, 2.75) is 198 Å². The molecule has 0 aromatic rings. The minimum absolute atomic E-state index is 0.00462. The number of rotatable bonds is 30. The molecule has 9 amide bonds. The van der Waals surface area contributed by atoms with Crippen LogP contribution in [0.5, 0.6) is 0 Å². The summed E-state index contributed by atoms with van der Waals surface area (Å²) in [5, 5.41) is 86.4. The molecule has 0 aromatic heterocycles. The number of hydrogen-bond acceptors (Lipinski definition) is 21. The third-order valence-corrected chi connectivity index (χ3v) is 13.8. The highest BCUT2D eigenvalue weighted by Gasteiger charge is 2.53. The highest BCUT2D eigenvalue weighted by atomic mass is 32.1. The normalized spacial score (nSPS) is 26.4. The van der Waals surface area contributed by atoms with Crippen LogP contribution in [0.4, 0.5) is 0 Å². The van der Waals surface area contributed by atoms with Gasteiger partial charge in [0.2, 0.25) is 53.2 Å². The van der Waals surface area contributed by atoms with Crippen molar-refractivity contribution in [1.29, 1.82) is 0 Å². The average Bonchev–Trinajstić information content (AvgIpc) is 3.80. The second-order valence-corrected chi connectivity index (χ2v) is 22.5. The number of primary amides is 1. The minimum Gasteiger partial charge on any atom is -0.481 e. The number of thiocarbonyl (C=S) groups is 2. The van der Waals surface area contributed by atoms with Crippen LogP contribution in [0.3, 0.4) is 0 Å². The van der Waals surface area contributed by atoms with Gasteiger partial charge in [0.1, 0.15) is 85.0 Å². The van der Waals surface area contributed by atoms with Crippen LogP contribution in [0.1, 0.15) is 94.4 Å². The number of aliphatic hydroxyl groups excluding tert-OH is 5. The van der Waals surface area contributed by atoms with E-state index in [1.54, 1.807) is 27.7 Å². The smallest absolute Gasteiger partial charge is 0.303 e. The zero-order valence-electron chi connectivity index (χ0n) is 47.8. The van der Waals surface area contributed by atoms with Crippen LogP contribution in [-0.2, 0) is 66.9 Å². The lowest BCUT2D eigenvalue weighted by molar-refractivity contribution is -0.331. The zero-order valence-corrected chi connectivity index (χ0v) is 49.4. The van der Waals surface area contributed by atoms with E-state index in [1.165, 1.54) is 32.6 Å². The molecule has 17 N–H and O–H groups in total. The summed E-state index contributed by atoms with van der Waals surface area (Å²) in [6.45, 7) is 10.5. The number of ether oxygens (including phenoxy) is 4. The number of carbonyl (C=O) groups excluding carboxylic acids is 9. The van der Waals surface area contributed by atoms with Gasteiger partial charge in [0.25, 0.3) is 0 Å². The number of nitrogens with two attached hydrogens (primary N) is 1. The molecule has 3 fully saturated rings. The predicted molar refractivity (Wildman–Crippen MR) is 297 cm³/mol. The molecule has 0 aliphatic carbocycles. The van der Waals surface area contributed by atoms with Gasteiger partial charge in [0, 0.05) is 19.9 Å². The Kier molecular flexibility index (Phi) is 28.9. The molecule has 0 radical (unpaired) electrons. The Bertz CT molecular complexity index is 2320. The van der Waals surface area contributed by atoms with Gasteiger partial charge in [-0.3, -0.25) is 47.9 Å². The number of carboxylic acid groups (broad SMARTS) is 1. The summed E-state index contributed by atoms with van der Waals surface area (Å²) in [5.74, 6) is -9.76. The van der Waals surface area contributed by atoms with E-state index >= 15 is 0 Å². The Morgan fingerprint density at radius 1 is 0.675 bits per heavy atom. The van der Waals surface area contributed by atoms with Crippen molar-refractivity contribution in [1.82, 2.24) is 52.8 Å². The standard InChI is InChI=1S/C50H83N11O20S2/c1-20(2)15-28(58-44(73)27(55-24(7)64)12-13-34(67)68)45(74)54-22(5)43(72)60-36(48(77)59-35(21(3)4)47(76)53-17-33(66)61-14-10-11-29(61)46(75)52-16-32(51)65)23(6)78-50-38(57-26(9)83)42(40(70)31(19-63)80-50)81-49-37(56-25(8)82)41(71)39(69)30(18-62)79-49/h20-23,27-31,35-42,49-50,62-63,69-71H,10-19H2,1-9H3,(H2,51,65)(H,52,75)(H,53,76)(H,54,74)(H,55,64)(H,56,82)(H,57,83)(H,58,73)(H,59,77)(H,60,72)(H,67,68)/t22-,23+,27-,28-,29-,30+,31+,35-,36-,37+,38+,39-,40-,41+,42+,49+,50-/m0/s1. The van der Waals surface area contributed by atoms with Crippen LogP contribution >= 0.6 is 24.4 Å². The molecule has 83 heavy (non-hydrogen) atoms. The quantitative estimate of drug-likeness (QED) is 0.0298. The number of aliphatic carboxylic acids is 1. The molecule has 3 heterocycles. The fourth-order valence-electron chi connectivity index (χ4n) is 9.36. The maximum absolute atomic E-state index is 14.8. The monoisotopic (exact) mass is 1220 g/mol. The SMILES string of the molecule is CC(=O)N[C@@H](CCC(=O)O)C(=O)N[C@@H](CC(C)C)C(=O)N[C@@H](C)C(=O)N[C@H](C(=O)N[C@H](C(=O)NCC(=O)N1CCC[C@H]1C(=O)NCC(N)=O)C(C)C)[C@@H](C)O[C@H]1O[C@H](CO)[C@H](O)[C@H](O[C@H]2O[C@H](CO)[C@H](O)[C@H](O)[C@H]2NC(C)=S)[C@H]1NC(C)=S. The van der Waals surface area contributed by atoms with Crippen molar-refractivity contribution in [2.75, 3.05) is 32.8 Å². The Labute approximate surface area is 490 Å². The number of likely N-dealkylation sites (tertiary alicyclic amines) is 1. The van der Waals surface area contributed by atoms with Gasteiger partial charge in [0.15, 0.2) is 12.6 Å². The van der Waals surface area contributed by atoms with Crippen LogP contribution in [0, 0.1) is 11.8 Å². The van der Waals surface area contributed by atoms with Gasteiger partial charge in [-0.05, 0) is 65.2 Å². The van der Waals surface area contributed by atoms with E-state index in [4.69, 9.17) is 49.1 Å². The van der Waals surface area contributed by atoms with Crippen molar-refractivity contribution < 1.29 is 97.5 Å². The molecule has 0 aromatic carbocycles. The van der Waals surface area contributed by atoms with Gasteiger partial charge in [-0.25, -0.2) is 0 Å². The van der Waals surface area contributed by atoms with E-state index in [2.05, 4.69) is 47.9 Å². The van der Waals surface area contributed by atoms with E-state index in [-0.39, 0.29) is 41.7 Å². The molecular formula is C50H83N11O20S2. The number of nitrogens with one attached hydrogen (secondary N) is 9. The summed E-state index contributed by atoms with van der Waals surface area (Å²) in [4.78, 5) is 133. The van der Waals surface area contributed by atoms with Gasteiger partial charge in [-0.2, -0.15) is 0 Å². The van der Waals surface area contributed by atoms with Crippen LogP contribution in [0.25, 0.3) is 0 Å². The fourth-order valence-corrected chi connectivity index (χ4v) is 9.63. The third-order valence-electron chi connectivity index (χ3n) is 13.6. The fraction of sp³-hybridized carbons (Fsp3) is 0.760. The Morgan fingerprint density at radius 2 is 1.25 bits per heavy atom. The number of aliphatic hydroxyl groups is 5. The Morgan fingerprint density at radius 3 is 1.81 bits per heavy atom. The predicted octanol–water partition coefficient (Wildman–Crippen LogP) is -6.36. The number of carboxylic acids is 1. The molecular weight excluding hydrogens is 1140 g/mol. The molecule has 3 aliphatic rings. The number of amides is 9. The molecule has 0 spiro atoms. The average molecular weight is 1220 g/mol. The number of hydrogen-bond donors (Lipinski definition) is 16. The topological polar surface area (TPSA) is 467 Å². The molecule has 470 valence electrons. The lowest BCUT2D eigenvalue weighted by atomic mass is 9.94. The second-order valence-electron chi connectivity index (χ2n) is 21.3. The first-order valence-electron chi connectivity index (χ1n) is 27.1. The van der Waals surface area contributed by atoms with E-state index in [1.807, 2.05) is 0 Å². The first-order valence-corrected chi connectivity index (χ1v) is 27.9. The summed E-state index contributed by atoms with van der Waals surface area (Å²) < 4.78 is 24.6. The summed E-state index contributed by atoms with van der Waals surface area (Å²) in [6.07, 6.45) is -14.6. The van der Waals surface area contributed by atoms with Gasteiger partial charge in [0.05, 0.1) is 42.4 Å². The van der Waals surface area contributed by atoms with Crippen molar-refractivity contribution in [3.8, 4) is 0 Å². The van der Waals surface area contributed by atoms with Crippen LogP contribution in [0.15, 0.2) is 0 Å². The lowest BCUT2D eigenvalue weighted by Crippen LogP contribution is -2.70. The minimum atomic E-state index is -1.86.